The first-order valence-electron chi connectivity index (χ1n) is 27.7. The topological polar surface area (TPSA) is 169 Å². The van der Waals surface area contributed by atoms with E-state index in [1.807, 2.05) is 32.6 Å². The highest BCUT2D eigenvalue weighted by Crippen LogP contribution is 2.55. The maximum absolute atomic E-state index is 15.3. The molecule has 3 aromatic heterocycles. The van der Waals surface area contributed by atoms with Crippen LogP contribution in [-0.2, 0) is 29.4 Å². The summed E-state index contributed by atoms with van der Waals surface area (Å²) in [5.41, 5.74) is 5.35. The third kappa shape index (κ3) is 8.25. The Morgan fingerprint density at radius 2 is 1.61 bits per heavy atom. The number of benzene rings is 2. The summed E-state index contributed by atoms with van der Waals surface area (Å²) < 4.78 is 17.2. The van der Waals surface area contributed by atoms with Crippen LogP contribution >= 0.6 is 0 Å². The molecule has 2 saturated carbocycles. The zero-order valence-electron chi connectivity index (χ0n) is 42.9. The number of piperidine rings is 5. The standard InChI is InChI=1S/C58H66FN11O5/c1-34(2)69-33-61-46-31-45(63-53(52(46)69)62-44-9-5-4-8-43(44)59)36-10-13-42-47(28-36)70(39-29-38(30-39)65-21-6-3-7-22-65)57(75)58(42)19-26-67(27-20-58)56(74)50-41-18-25-68(51(41)50)55(73)35-16-23-66(24-17-35)48-14-11-37(32-60-48)40-12-15-49(71)64-54(40)72/h4-5,8-11,13-14,28,31-35,38-41,50-51H,3,6-7,12,15-27,29-30H2,1-2H3,(H,62,63)(H,64,71,72)/t38?,39?,40?,41-,50-,51-/m1/s1. The fourth-order valence-corrected chi connectivity index (χ4v) is 14.2. The van der Waals surface area contributed by atoms with Gasteiger partial charge in [-0.25, -0.2) is 19.3 Å². The number of para-hydroxylation sites is 1. The monoisotopic (exact) mass is 1020 g/mol. The average molecular weight is 1020 g/mol. The van der Waals surface area contributed by atoms with Crippen LogP contribution in [0.1, 0.15) is 114 Å². The summed E-state index contributed by atoms with van der Waals surface area (Å²) in [4.78, 5) is 93.6. The normalized spacial score (nSPS) is 26.7. The number of imidazole rings is 1. The lowest BCUT2D eigenvalue weighted by Gasteiger charge is -2.48. The van der Waals surface area contributed by atoms with E-state index in [2.05, 4.69) is 62.4 Å². The fourth-order valence-electron chi connectivity index (χ4n) is 14.2. The zero-order chi connectivity index (χ0) is 51.3. The van der Waals surface area contributed by atoms with Crippen molar-refractivity contribution in [1.29, 1.82) is 0 Å². The Morgan fingerprint density at radius 1 is 0.827 bits per heavy atom. The van der Waals surface area contributed by atoms with Gasteiger partial charge in [-0.3, -0.25) is 29.3 Å². The van der Waals surface area contributed by atoms with Crippen LogP contribution in [0.5, 0.6) is 0 Å². The molecule has 17 heteroatoms. The molecule has 4 atom stereocenters. The van der Waals surface area contributed by atoms with Crippen LogP contribution < -0.4 is 20.4 Å². The summed E-state index contributed by atoms with van der Waals surface area (Å²) in [6.45, 7) is 9.41. The lowest BCUT2D eigenvalue weighted by Crippen LogP contribution is -2.58. The molecule has 13 rings (SSSR count). The molecule has 5 saturated heterocycles. The van der Waals surface area contributed by atoms with Crippen molar-refractivity contribution in [3.05, 3.63) is 90.1 Å². The van der Waals surface area contributed by atoms with E-state index in [0.717, 1.165) is 71.6 Å². The van der Waals surface area contributed by atoms with Crippen molar-refractivity contribution in [3.8, 4) is 11.3 Å². The van der Waals surface area contributed by atoms with E-state index in [0.29, 0.717) is 94.5 Å². The third-order valence-corrected chi connectivity index (χ3v) is 18.6. The largest absolute Gasteiger partial charge is 0.357 e. The van der Waals surface area contributed by atoms with Gasteiger partial charge in [0.15, 0.2) is 5.82 Å². The van der Waals surface area contributed by atoms with Crippen molar-refractivity contribution in [1.82, 2.24) is 39.5 Å². The quantitative estimate of drug-likeness (QED) is 0.133. The van der Waals surface area contributed by atoms with E-state index in [4.69, 9.17) is 9.97 Å². The molecule has 5 aromatic rings. The number of imide groups is 1. The number of halogens is 1. The lowest BCUT2D eigenvalue weighted by atomic mass is 9.73. The second-order valence-corrected chi connectivity index (χ2v) is 23.0. The summed E-state index contributed by atoms with van der Waals surface area (Å²) in [5.74, 6) is 0.298. The van der Waals surface area contributed by atoms with Crippen LogP contribution in [-0.4, -0.2) is 128 Å². The Balaban J connectivity index is 0.701. The second-order valence-electron chi connectivity index (χ2n) is 23.0. The number of carbonyl (C=O) groups excluding carboxylic acids is 5. The second kappa shape index (κ2) is 18.8. The molecule has 75 heavy (non-hydrogen) atoms. The highest BCUT2D eigenvalue weighted by atomic mass is 19.1. The van der Waals surface area contributed by atoms with Crippen molar-refractivity contribution in [3.63, 3.8) is 0 Å². The molecule has 6 aliphatic heterocycles. The van der Waals surface area contributed by atoms with Gasteiger partial charge >= 0.3 is 0 Å². The van der Waals surface area contributed by atoms with Crippen LogP contribution in [0.25, 0.3) is 22.3 Å². The maximum atomic E-state index is 15.3. The van der Waals surface area contributed by atoms with Crippen LogP contribution in [0, 0.1) is 23.6 Å². The van der Waals surface area contributed by atoms with Gasteiger partial charge < -0.3 is 34.4 Å². The Bertz CT molecular complexity index is 3100. The van der Waals surface area contributed by atoms with E-state index in [1.165, 1.54) is 25.3 Å². The highest BCUT2D eigenvalue weighted by Gasteiger charge is 2.64. The van der Waals surface area contributed by atoms with E-state index >= 15 is 9.18 Å². The van der Waals surface area contributed by atoms with Crippen LogP contribution in [0.4, 0.5) is 27.4 Å². The van der Waals surface area contributed by atoms with Gasteiger partial charge in [0.25, 0.3) is 0 Å². The van der Waals surface area contributed by atoms with E-state index < -0.39 is 5.41 Å². The first-order valence-corrected chi connectivity index (χ1v) is 27.7. The van der Waals surface area contributed by atoms with Crippen molar-refractivity contribution in [2.75, 3.05) is 60.9 Å². The molecule has 7 fully saturated rings. The molecule has 0 bridgehead atoms. The van der Waals surface area contributed by atoms with Crippen LogP contribution in [0.3, 0.4) is 0 Å². The van der Waals surface area contributed by atoms with Crippen molar-refractivity contribution < 1.29 is 28.4 Å². The van der Waals surface area contributed by atoms with Gasteiger partial charge in [0.1, 0.15) is 17.2 Å². The number of likely N-dealkylation sites (tertiary alicyclic amines) is 3. The number of hydrogen-bond acceptors (Lipinski definition) is 11. The summed E-state index contributed by atoms with van der Waals surface area (Å²) in [5, 5.41) is 5.71. The fraction of sp³-hybridized carbons (Fsp3) is 0.517. The number of rotatable bonds is 10. The number of nitrogens with one attached hydrogen (secondary N) is 2. The summed E-state index contributed by atoms with van der Waals surface area (Å²) in [7, 11) is 0. The van der Waals surface area contributed by atoms with Gasteiger partial charge in [0.2, 0.25) is 29.5 Å². The Labute approximate surface area is 436 Å². The molecule has 1 unspecified atom stereocenters. The minimum Gasteiger partial charge on any atom is -0.357 e. The molecular formula is C58H66FN11O5. The van der Waals surface area contributed by atoms with Gasteiger partial charge in [0.05, 0.1) is 40.5 Å². The van der Waals surface area contributed by atoms with Gasteiger partial charge in [-0.2, -0.15) is 0 Å². The number of fused-ring (bicyclic) bond motifs is 4. The molecule has 16 nitrogen and oxygen atoms in total. The van der Waals surface area contributed by atoms with E-state index in [1.54, 1.807) is 30.7 Å². The molecule has 5 amide bonds. The average Bonchev–Trinajstić information content (AvgIpc) is 3.63. The third-order valence-electron chi connectivity index (χ3n) is 18.6. The predicted octanol–water partition coefficient (Wildman–Crippen LogP) is 7.46. The molecule has 390 valence electrons. The number of amides is 5. The minimum absolute atomic E-state index is 0.0657. The number of hydrogen-bond donors (Lipinski definition) is 2. The number of aromatic nitrogens is 4. The van der Waals surface area contributed by atoms with Gasteiger partial charge in [0, 0.05) is 86.7 Å². The van der Waals surface area contributed by atoms with Gasteiger partial charge in [-0.05, 0) is 139 Å². The molecule has 9 heterocycles. The first kappa shape index (κ1) is 47.9. The van der Waals surface area contributed by atoms with Crippen molar-refractivity contribution >= 4 is 63.6 Å². The van der Waals surface area contributed by atoms with Crippen LogP contribution in [0.15, 0.2) is 73.2 Å². The minimum atomic E-state index is -0.757. The molecule has 1 spiro atoms. The van der Waals surface area contributed by atoms with Crippen LogP contribution in [0.2, 0.25) is 0 Å². The molecule has 8 aliphatic rings. The molecule has 2 aliphatic carbocycles. The Kier molecular flexibility index (Phi) is 12.0. The number of pyridine rings is 2. The molecule has 2 aromatic carbocycles. The highest BCUT2D eigenvalue weighted by molar-refractivity contribution is 6.10. The van der Waals surface area contributed by atoms with Crippen molar-refractivity contribution in [2.45, 2.75) is 126 Å². The number of anilines is 4. The molecule has 0 radical (unpaired) electrons. The molecule has 2 N–H and O–H groups in total. The Morgan fingerprint density at radius 3 is 2.35 bits per heavy atom. The predicted molar refractivity (Wildman–Crippen MR) is 282 cm³/mol. The maximum Gasteiger partial charge on any atom is 0.238 e. The summed E-state index contributed by atoms with van der Waals surface area (Å²) in [6.07, 6.45) is 13.2. The van der Waals surface area contributed by atoms with Gasteiger partial charge in [-0.15, -0.1) is 0 Å². The Hall–Kier alpha value is -6.75. The zero-order valence-corrected chi connectivity index (χ0v) is 42.9. The van der Waals surface area contributed by atoms with Crippen molar-refractivity contribution in [2.24, 2.45) is 17.8 Å². The van der Waals surface area contributed by atoms with Gasteiger partial charge in [-0.1, -0.05) is 36.8 Å². The molecular weight excluding hydrogens is 950 g/mol. The summed E-state index contributed by atoms with van der Waals surface area (Å²) >= 11 is 0. The summed E-state index contributed by atoms with van der Waals surface area (Å²) in [6, 6.07) is 19.3. The number of carbonyl (C=O) groups is 5. The smallest absolute Gasteiger partial charge is 0.238 e. The first-order chi connectivity index (χ1) is 36.4. The van der Waals surface area contributed by atoms with E-state index in [-0.39, 0.29) is 77.2 Å². The lowest BCUT2D eigenvalue weighted by molar-refractivity contribution is -0.140. The number of nitrogens with zero attached hydrogens (tertiary/aromatic N) is 9. The SMILES string of the molecule is CC(C)n1cnc2cc(-c3ccc4c(c3)N(C3CC(N5CCCCC5)C3)C(=O)C43CCN(C(=O)[C@@H]4[C@H]5CCN(C(=O)C6CCN(c7ccc(C8CCC(=O)NC8=O)cn7)CC6)[C@H]54)CC3)nc(Nc3ccccc3F)c21. The van der Waals surface area contributed by atoms with E-state index in [9.17, 15) is 19.2 Å².